The SMILES string of the molecule is CCCn1ncc(Br)c1C(NCC)c1cccc(F)c1Br. The Kier molecular flexibility index (Phi) is 5.96. The summed E-state index contributed by atoms with van der Waals surface area (Å²) in [5.74, 6) is -0.256. The highest BCUT2D eigenvalue weighted by molar-refractivity contribution is 9.10. The standard InChI is InChI=1S/C15H18Br2FN3/c1-3-8-21-15(11(16)9-20-21)14(19-4-2)10-6-5-7-12(18)13(10)17/h5-7,9,14,19H,3-4,8H2,1-2H3. The average molecular weight is 419 g/mol. The molecule has 0 amide bonds. The molecule has 1 atom stereocenters. The molecule has 1 unspecified atom stereocenters. The number of nitrogens with one attached hydrogen (secondary N) is 1. The lowest BCUT2D eigenvalue weighted by atomic mass is 10.0. The maximum absolute atomic E-state index is 13.9. The lowest BCUT2D eigenvalue weighted by Crippen LogP contribution is -2.26. The molecule has 0 saturated heterocycles. The smallest absolute Gasteiger partial charge is 0.137 e. The molecular formula is C15H18Br2FN3. The van der Waals surface area contributed by atoms with Crippen molar-refractivity contribution in [2.24, 2.45) is 0 Å². The minimum Gasteiger partial charge on any atom is -0.305 e. The summed E-state index contributed by atoms with van der Waals surface area (Å²) in [7, 11) is 0. The topological polar surface area (TPSA) is 29.9 Å². The van der Waals surface area contributed by atoms with Crippen molar-refractivity contribution in [1.82, 2.24) is 15.1 Å². The summed E-state index contributed by atoms with van der Waals surface area (Å²) in [5.41, 5.74) is 1.89. The fourth-order valence-electron chi connectivity index (χ4n) is 2.35. The monoisotopic (exact) mass is 417 g/mol. The number of aryl methyl sites for hydroxylation is 1. The van der Waals surface area contributed by atoms with Gasteiger partial charge in [0.2, 0.25) is 0 Å². The zero-order valence-electron chi connectivity index (χ0n) is 12.0. The van der Waals surface area contributed by atoms with E-state index in [4.69, 9.17) is 0 Å². The van der Waals surface area contributed by atoms with E-state index >= 15 is 0 Å². The summed E-state index contributed by atoms with van der Waals surface area (Å²) in [6.45, 7) is 5.75. The van der Waals surface area contributed by atoms with Crippen LogP contribution in [0.1, 0.15) is 37.6 Å². The Labute approximate surface area is 141 Å². The van der Waals surface area contributed by atoms with Gasteiger partial charge in [-0.25, -0.2) is 4.39 Å². The Bertz CT molecular complexity index is 613. The molecule has 1 aromatic carbocycles. The second kappa shape index (κ2) is 7.51. The van der Waals surface area contributed by atoms with Crippen LogP contribution in [0.15, 0.2) is 33.3 Å². The molecule has 3 nitrogen and oxygen atoms in total. The van der Waals surface area contributed by atoms with E-state index in [-0.39, 0.29) is 11.9 Å². The Morgan fingerprint density at radius 1 is 1.33 bits per heavy atom. The molecule has 0 aliphatic carbocycles. The fourth-order valence-corrected chi connectivity index (χ4v) is 3.37. The van der Waals surface area contributed by atoms with Crippen molar-refractivity contribution in [3.63, 3.8) is 0 Å². The summed E-state index contributed by atoms with van der Waals surface area (Å²) >= 11 is 6.93. The number of hydrogen-bond acceptors (Lipinski definition) is 2. The van der Waals surface area contributed by atoms with E-state index in [1.54, 1.807) is 12.3 Å². The Hall–Kier alpha value is -0.720. The molecule has 21 heavy (non-hydrogen) atoms. The maximum atomic E-state index is 13.9. The molecule has 0 radical (unpaired) electrons. The van der Waals surface area contributed by atoms with Gasteiger partial charge in [-0.15, -0.1) is 0 Å². The average Bonchev–Trinajstić information content (AvgIpc) is 2.81. The van der Waals surface area contributed by atoms with E-state index in [0.717, 1.165) is 35.2 Å². The molecule has 2 aromatic rings. The van der Waals surface area contributed by atoms with Crippen LogP contribution in [0.5, 0.6) is 0 Å². The Morgan fingerprint density at radius 2 is 2.10 bits per heavy atom. The Balaban J connectivity index is 2.53. The minimum absolute atomic E-state index is 0.122. The highest BCUT2D eigenvalue weighted by atomic mass is 79.9. The highest BCUT2D eigenvalue weighted by Gasteiger charge is 2.23. The van der Waals surface area contributed by atoms with Gasteiger partial charge in [0, 0.05) is 6.54 Å². The zero-order chi connectivity index (χ0) is 15.4. The van der Waals surface area contributed by atoms with Gasteiger partial charge in [0.15, 0.2) is 0 Å². The van der Waals surface area contributed by atoms with Gasteiger partial charge in [-0.05, 0) is 56.5 Å². The fraction of sp³-hybridized carbons (Fsp3) is 0.400. The quantitative estimate of drug-likeness (QED) is 0.739. The summed E-state index contributed by atoms with van der Waals surface area (Å²) in [5, 5.41) is 7.83. The van der Waals surface area contributed by atoms with Crippen LogP contribution in [0.4, 0.5) is 4.39 Å². The van der Waals surface area contributed by atoms with Crippen molar-refractivity contribution in [1.29, 1.82) is 0 Å². The third-order valence-corrected chi connectivity index (χ3v) is 4.69. The number of benzene rings is 1. The minimum atomic E-state index is -0.256. The molecule has 0 saturated carbocycles. The van der Waals surface area contributed by atoms with Gasteiger partial charge < -0.3 is 5.32 Å². The van der Waals surface area contributed by atoms with Crippen molar-refractivity contribution >= 4 is 31.9 Å². The van der Waals surface area contributed by atoms with Crippen LogP contribution in [-0.4, -0.2) is 16.3 Å². The zero-order valence-corrected chi connectivity index (χ0v) is 15.2. The Morgan fingerprint density at radius 3 is 2.76 bits per heavy atom. The molecule has 6 heteroatoms. The first kappa shape index (κ1) is 16.6. The molecule has 1 N–H and O–H groups in total. The lowest BCUT2D eigenvalue weighted by Gasteiger charge is -2.22. The molecule has 0 fully saturated rings. The van der Waals surface area contributed by atoms with E-state index in [1.807, 2.05) is 17.7 Å². The largest absolute Gasteiger partial charge is 0.305 e. The molecule has 114 valence electrons. The maximum Gasteiger partial charge on any atom is 0.137 e. The van der Waals surface area contributed by atoms with E-state index in [2.05, 4.69) is 49.2 Å². The van der Waals surface area contributed by atoms with Crippen molar-refractivity contribution in [2.75, 3.05) is 6.54 Å². The van der Waals surface area contributed by atoms with Gasteiger partial charge in [0.05, 0.1) is 26.9 Å². The summed E-state index contributed by atoms with van der Waals surface area (Å²) in [4.78, 5) is 0. The number of hydrogen-bond donors (Lipinski definition) is 1. The molecule has 0 spiro atoms. The van der Waals surface area contributed by atoms with Gasteiger partial charge in [-0.3, -0.25) is 4.68 Å². The third-order valence-electron chi connectivity index (χ3n) is 3.24. The lowest BCUT2D eigenvalue weighted by molar-refractivity contribution is 0.515. The number of rotatable bonds is 6. The van der Waals surface area contributed by atoms with Crippen molar-refractivity contribution < 1.29 is 4.39 Å². The third kappa shape index (κ3) is 3.55. The summed E-state index contributed by atoms with van der Waals surface area (Å²) in [6, 6.07) is 4.99. The predicted molar refractivity (Wildman–Crippen MR) is 89.8 cm³/mol. The van der Waals surface area contributed by atoms with Gasteiger partial charge in [0.25, 0.3) is 0 Å². The van der Waals surface area contributed by atoms with Gasteiger partial charge in [-0.2, -0.15) is 5.10 Å². The van der Waals surface area contributed by atoms with Gasteiger partial charge >= 0.3 is 0 Å². The van der Waals surface area contributed by atoms with Crippen LogP contribution in [0, 0.1) is 5.82 Å². The number of nitrogens with zero attached hydrogens (tertiary/aromatic N) is 2. The van der Waals surface area contributed by atoms with Gasteiger partial charge in [-0.1, -0.05) is 26.0 Å². The van der Waals surface area contributed by atoms with Crippen molar-refractivity contribution in [3.05, 3.63) is 50.4 Å². The predicted octanol–water partition coefficient (Wildman–Crippen LogP) is 4.66. The summed E-state index contributed by atoms with van der Waals surface area (Å²) < 4.78 is 17.3. The van der Waals surface area contributed by atoms with Crippen LogP contribution < -0.4 is 5.32 Å². The van der Waals surface area contributed by atoms with E-state index < -0.39 is 0 Å². The molecule has 0 bridgehead atoms. The van der Waals surface area contributed by atoms with Crippen LogP contribution >= 0.6 is 31.9 Å². The van der Waals surface area contributed by atoms with E-state index in [0.29, 0.717) is 4.47 Å². The first-order chi connectivity index (χ1) is 10.1. The first-order valence-electron chi connectivity index (χ1n) is 6.98. The highest BCUT2D eigenvalue weighted by Crippen LogP contribution is 2.34. The molecule has 0 aliphatic heterocycles. The van der Waals surface area contributed by atoms with Crippen LogP contribution in [0.2, 0.25) is 0 Å². The van der Waals surface area contributed by atoms with E-state index in [9.17, 15) is 4.39 Å². The molecule has 0 aliphatic rings. The van der Waals surface area contributed by atoms with Gasteiger partial charge in [0.1, 0.15) is 5.82 Å². The van der Waals surface area contributed by atoms with Crippen molar-refractivity contribution in [3.8, 4) is 0 Å². The normalized spacial score (nSPS) is 12.6. The van der Waals surface area contributed by atoms with Crippen molar-refractivity contribution in [2.45, 2.75) is 32.9 Å². The van der Waals surface area contributed by atoms with Crippen LogP contribution in [0.3, 0.4) is 0 Å². The molecular weight excluding hydrogens is 401 g/mol. The summed E-state index contributed by atoms with van der Waals surface area (Å²) in [6.07, 6.45) is 2.78. The van der Waals surface area contributed by atoms with E-state index in [1.165, 1.54) is 6.07 Å². The van der Waals surface area contributed by atoms with Crippen LogP contribution in [0.25, 0.3) is 0 Å². The number of aromatic nitrogens is 2. The molecule has 1 heterocycles. The van der Waals surface area contributed by atoms with Crippen LogP contribution in [-0.2, 0) is 6.54 Å². The first-order valence-corrected chi connectivity index (χ1v) is 8.57. The molecule has 1 aromatic heterocycles. The second-order valence-corrected chi connectivity index (χ2v) is 6.38. The molecule has 2 rings (SSSR count). The number of halogens is 3. The second-order valence-electron chi connectivity index (χ2n) is 4.73.